The molecular formula is C65H125NO5. The Morgan fingerprint density at radius 3 is 1.10 bits per heavy atom. The third-order valence-corrected chi connectivity index (χ3v) is 15.0. The molecule has 0 aromatic heterocycles. The van der Waals surface area contributed by atoms with Crippen molar-refractivity contribution in [3.05, 3.63) is 24.3 Å². The van der Waals surface area contributed by atoms with Crippen LogP contribution in [0.15, 0.2) is 24.3 Å². The summed E-state index contributed by atoms with van der Waals surface area (Å²) in [6.45, 7) is 4.92. The lowest BCUT2D eigenvalue weighted by molar-refractivity contribution is -0.143. The zero-order valence-electron chi connectivity index (χ0n) is 48.0. The average Bonchev–Trinajstić information content (AvgIpc) is 3.37. The number of carbonyl (C=O) groups is 2. The Balaban J connectivity index is 3.50. The largest absolute Gasteiger partial charge is 0.466 e. The molecule has 0 bridgehead atoms. The van der Waals surface area contributed by atoms with Crippen molar-refractivity contribution in [1.29, 1.82) is 0 Å². The van der Waals surface area contributed by atoms with Crippen LogP contribution in [-0.4, -0.2) is 47.4 Å². The monoisotopic (exact) mass is 1000 g/mol. The van der Waals surface area contributed by atoms with E-state index < -0.39 is 12.1 Å². The first-order chi connectivity index (χ1) is 35.0. The normalized spacial score (nSPS) is 12.7. The predicted octanol–water partition coefficient (Wildman–Crippen LogP) is 20.2. The molecule has 0 saturated carbocycles. The molecule has 0 radical (unpaired) electrons. The molecule has 2 unspecified atom stereocenters. The Hall–Kier alpha value is -1.66. The number of unbranched alkanes of at least 4 members (excludes halogenated alkanes) is 45. The van der Waals surface area contributed by atoms with Crippen molar-refractivity contribution in [2.24, 2.45) is 0 Å². The van der Waals surface area contributed by atoms with Crippen LogP contribution in [0.1, 0.15) is 354 Å². The molecule has 0 heterocycles. The number of allylic oxidation sites excluding steroid dienone is 4. The molecule has 3 N–H and O–H groups in total. The lowest BCUT2D eigenvalue weighted by Crippen LogP contribution is -2.45. The first kappa shape index (κ1) is 69.3. The molecule has 0 aromatic rings. The van der Waals surface area contributed by atoms with Gasteiger partial charge in [0, 0.05) is 12.8 Å². The van der Waals surface area contributed by atoms with Gasteiger partial charge in [-0.2, -0.15) is 0 Å². The number of hydrogen-bond donors (Lipinski definition) is 3. The molecule has 6 nitrogen and oxygen atoms in total. The summed E-state index contributed by atoms with van der Waals surface area (Å²) in [7, 11) is 0. The number of nitrogens with one attached hydrogen (secondary N) is 1. The highest BCUT2D eigenvalue weighted by atomic mass is 16.5. The summed E-state index contributed by atoms with van der Waals surface area (Å²) in [6.07, 6.45) is 74.9. The van der Waals surface area contributed by atoms with Gasteiger partial charge in [0.2, 0.25) is 5.91 Å². The molecule has 0 aliphatic heterocycles. The average molecular weight is 1000 g/mol. The number of aliphatic hydroxyl groups excluding tert-OH is 2. The predicted molar refractivity (Wildman–Crippen MR) is 310 cm³/mol. The van der Waals surface area contributed by atoms with Crippen LogP contribution in [0.4, 0.5) is 0 Å². The number of hydrogen-bond acceptors (Lipinski definition) is 5. The second kappa shape index (κ2) is 60.9. The van der Waals surface area contributed by atoms with Crippen LogP contribution in [0.3, 0.4) is 0 Å². The standard InChI is InChI=1S/C65H125NO5/c1-3-5-7-9-11-13-15-17-19-21-22-23-24-25-26-27-28-29-30-33-37-41-45-49-53-57-63(68)62(61-67)66-64(69)58-54-50-46-42-38-34-32-36-40-44-48-52-56-60-71-65(70)59-55-51-47-43-39-35-31-20-18-16-14-12-10-8-6-4-2/h34,38,46,50,62-63,67-68H,3-33,35-37,39-45,47-49,51-61H2,1-2H3,(H,66,69)/b38-34-,50-46-. The maximum Gasteiger partial charge on any atom is 0.305 e. The van der Waals surface area contributed by atoms with Gasteiger partial charge in [-0.3, -0.25) is 9.59 Å². The van der Waals surface area contributed by atoms with Crippen LogP contribution >= 0.6 is 0 Å². The number of carbonyl (C=O) groups excluding carboxylic acids is 2. The maximum atomic E-state index is 12.5. The van der Waals surface area contributed by atoms with Crippen molar-refractivity contribution in [1.82, 2.24) is 5.32 Å². The van der Waals surface area contributed by atoms with E-state index in [1.165, 1.54) is 263 Å². The minimum atomic E-state index is -0.700. The Labute approximate surface area is 443 Å². The Kier molecular flexibility index (Phi) is 59.5. The Morgan fingerprint density at radius 1 is 0.394 bits per heavy atom. The second-order valence-corrected chi connectivity index (χ2v) is 22.1. The first-order valence-electron chi connectivity index (χ1n) is 32.1. The molecule has 0 spiro atoms. The molecule has 0 aliphatic carbocycles. The fourth-order valence-corrected chi connectivity index (χ4v) is 10.1. The van der Waals surface area contributed by atoms with E-state index in [2.05, 4.69) is 43.5 Å². The van der Waals surface area contributed by atoms with Crippen molar-refractivity contribution in [2.45, 2.75) is 366 Å². The molecular weight excluding hydrogens is 875 g/mol. The van der Waals surface area contributed by atoms with E-state index in [9.17, 15) is 19.8 Å². The van der Waals surface area contributed by atoms with Gasteiger partial charge in [-0.05, 0) is 44.9 Å². The van der Waals surface area contributed by atoms with Gasteiger partial charge in [-0.1, -0.05) is 321 Å². The van der Waals surface area contributed by atoms with Gasteiger partial charge in [0.05, 0.1) is 25.4 Å². The SMILES string of the molecule is CCCCCCCCCCCCCCCCCCCCCCCCCCCC(O)C(CO)NC(=O)CC/C=C\C/C=C\CCCCCCCCOC(=O)CCCCCCCCCCCCCCCCCC. The van der Waals surface area contributed by atoms with Gasteiger partial charge in [0.25, 0.3) is 0 Å². The van der Waals surface area contributed by atoms with E-state index in [4.69, 9.17) is 4.74 Å². The maximum absolute atomic E-state index is 12.5. The third-order valence-electron chi connectivity index (χ3n) is 15.0. The van der Waals surface area contributed by atoms with Crippen molar-refractivity contribution < 1.29 is 24.5 Å². The van der Waals surface area contributed by atoms with E-state index >= 15 is 0 Å². The van der Waals surface area contributed by atoms with Gasteiger partial charge in [-0.25, -0.2) is 0 Å². The van der Waals surface area contributed by atoms with E-state index in [1.54, 1.807) is 0 Å². The lowest BCUT2D eigenvalue weighted by Gasteiger charge is -2.22. The van der Waals surface area contributed by atoms with Crippen LogP contribution in [-0.2, 0) is 14.3 Å². The highest BCUT2D eigenvalue weighted by Gasteiger charge is 2.20. The van der Waals surface area contributed by atoms with E-state index in [0.717, 1.165) is 51.4 Å². The van der Waals surface area contributed by atoms with Gasteiger partial charge in [-0.15, -0.1) is 0 Å². The molecule has 6 heteroatoms. The van der Waals surface area contributed by atoms with Crippen LogP contribution < -0.4 is 5.32 Å². The first-order valence-corrected chi connectivity index (χ1v) is 32.1. The summed E-state index contributed by atoms with van der Waals surface area (Å²) in [6, 6.07) is -0.586. The topological polar surface area (TPSA) is 95.9 Å². The molecule has 1 amide bonds. The summed E-state index contributed by atoms with van der Waals surface area (Å²) >= 11 is 0. The van der Waals surface area contributed by atoms with Crippen LogP contribution in [0.25, 0.3) is 0 Å². The van der Waals surface area contributed by atoms with E-state index in [-0.39, 0.29) is 18.5 Å². The zero-order chi connectivity index (χ0) is 51.4. The fraction of sp³-hybridized carbons (Fsp3) is 0.908. The second-order valence-electron chi connectivity index (χ2n) is 22.1. The van der Waals surface area contributed by atoms with Gasteiger partial charge in [0.1, 0.15) is 0 Å². The van der Waals surface area contributed by atoms with Gasteiger partial charge < -0.3 is 20.3 Å². The highest BCUT2D eigenvalue weighted by Crippen LogP contribution is 2.18. The number of esters is 1. The van der Waals surface area contributed by atoms with E-state index in [0.29, 0.717) is 32.3 Å². The number of aliphatic hydroxyl groups is 2. The number of ether oxygens (including phenoxy) is 1. The van der Waals surface area contributed by atoms with Gasteiger partial charge >= 0.3 is 5.97 Å². The molecule has 420 valence electrons. The van der Waals surface area contributed by atoms with Crippen LogP contribution in [0.5, 0.6) is 0 Å². The fourth-order valence-electron chi connectivity index (χ4n) is 10.1. The molecule has 0 saturated heterocycles. The summed E-state index contributed by atoms with van der Waals surface area (Å²) in [5.41, 5.74) is 0. The third kappa shape index (κ3) is 57.5. The summed E-state index contributed by atoms with van der Waals surface area (Å²) < 4.78 is 5.47. The molecule has 2 atom stereocenters. The minimum absolute atomic E-state index is 0.0124. The van der Waals surface area contributed by atoms with E-state index in [1.807, 2.05) is 0 Å². The van der Waals surface area contributed by atoms with Crippen LogP contribution in [0, 0.1) is 0 Å². The Morgan fingerprint density at radius 2 is 0.718 bits per heavy atom. The molecule has 0 aliphatic rings. The minimum Gasteiger partial charge on any atom is -0.466 e. The highest BCUT2D eigenvalue weighted by molar-refractivity contribution is 5.76. The summed E-state index contributed by atoms with van der Waals surface area (Å²) in [5.74, 6) is -0.124. The van der Waals surface area contributed by atoms with Gasteiger partial charge in [0.15, 0.2) is 0 Å². The Bertz CT molecular complexity index is 1110. The zero-order valence-corrected chi connectivity index (χ0v) is 48.0. The lowest BCUT2D eigenvalue weighted by atomic mass is 10.0. The van der Waals surface area contributed by atoms with Crippen molar-refractivity contribution >= 4 is 11.9 Å². The van der Waals surface area contributed by atoms with Crippen molar-refractivity contribution in [2.75, 3.05) is 13.2 Å². The smallest absolute Gasteiger partial charge is 0.305 e. The number of rotatable bonds is 60. The molecule has 71 heavy (non-hydrogen) atoms. The summed E-state index contributed by atoms with van der Waals surface area (Å²) in [5, 5.41) is 23.3. The van der Waals surface area contributed by atoms with Crippen molar-refractivity contribution in [3.8, 4) is 0 Å². The van der Waals surface area contributed by atoms with Crippen molar-refractivity contribution in [3.63, 3.8) is 0 Å². The molecule has 0 rings (SSSR count). The summed E-state index contributed by atoms with van der Waals surface area (Å²) in [4.78, 5) is 24.6. The number of amides is 1. The van der Waals surface area contributed by atoms with Crippen LogP contribution in [0.2, 0.25) is 0 Å². The molecule has 0 aromatic carbocycles. The molecule has 0 fully saturated rings. The quantitative estimate of drug-likeness (QED) is 0.0320.